The number of benzene rings is 2. The van der Waals surface area contributed by atoms with Gasteiger partial charge in [-0.05, 0) is 30.2 Å². The van der Waals surface area contributed by atoms with Crippen LogP contribution in [0.15, 0.2) is 77.7 Å². The molecular weight excluding hydrogens is 430 g/mol. The molecule has 0 spiro atoms. The summed E-state index contributed by atoms with van der Waals surface area (Å²) in [5.41, 5.74) is 6.25. The van der Waals surface area contributed by atoms with Crippen molar-refractivity contribution in [3.8, 4) is 0 Å². The first-order valence-corrected chi connectivity index (χ1v) is 10.9. The number of nitrogens with one attached hydrogen (secondary N) is 2. The fourth-order valence-corrected chi connectivity index (χ4v) is 4.03. The number of hydrogen-bond donors (Lipinski definition) is 2. The second-order valence-electron chi connectivity index (χ2n) is 6.60. The topological polar surface area (TPSA) is 78.5 Å². The Bertz CT molecular complexity index is 1020. The van der Waals surface area contributed by atoms with Crippen LogP contribution in [-0.4, -0.2) is 33.5 Å². The molecule has 158 valence electrons. The van der Waals surface area contributed by atoms with Gasteiger partial charge in [0.15, 0.2) is 0 Å². The van der Waals surface area contributed by atoms with Crippen molar-refractivity contribution in [2.75, 3.05) is 6.54 Å². The molecule has 8 heteroatoms. The Morgan fingerprint density at radius 1 is 1.00 bits per heavy atom. The van der Waals surface area contributed by atoms with E-state index in [4.69, 9.17) is 12.2 Å². The van der Waals surface area contributed by atoms with Crippen LogP contribution in [-0.2, 0) is 9.59 Å². The van der Waals surface area contributed by atoms with Crippen LogP contribution >= 0.6 is 24.0 Å². The molecule has 1 aliphatic heterocycles. The van der Waals surface area contributed by atoms with E-state index in [0.717, 1.165) is 5.56 Å². The number of thiocarbonyl (C=S) groups is 1. The summed E-state index contributed by atoms with van der Waals surface area (Å²) in [7, 11) is 0. The lowest BCUT2D eigenvalue weighted by Gasteiger charge is -2.14. The number of thioether (sulfide) groups is 1. The Balaban J connectivity index is 1.42. The van der Waals surface area contributed by atoms with Crippen LogP contribution in [0.1, 0.15) is 28.8 Å². The van der Waals surface area contributed by atoms with E-state index in [9.17, 15) is 14.4 Å². The molecule has 1 saturated heterocycles. The molecule has 1 heterocycles. The van der Waals surface area contributed by atoms with Crippen molar-refractivity contribution in [3.63, 3.8) is 0 Å². The van der Waals surface area contributed by atoms with Crippen LogP contribution in [0.25, 0.3) is 6.08 Å². The van der Waals surface area contributed by atoms with Crippen molar-refractivity contribution in [1.82, 2.24) is 15.8 Å². The van der Waals surface area contributed by atoms with Gasteiger partial charge in [0.1, 0.15) is 4.32 Å². The summed E-state index contributed by atoms with van der Waals surface area (Å²) in [4.78, 5) is 38.5. The molecule has 2 N–H and O–H groups in total. The van der Waals surface area contributed by atoms with Gasteiger partial charge < -0.3 is 0 Å². The number of allylic oxidation sites excluding steroid dienone is 2. The highest BCUT2D eigenvalue weighted by molar-refractivity contribution is 8.26. The summed E-state index contributed by atoms with van der Waals surface area (Å²) >= 11 is 6.55. The summed E-state index contributed by atoms with van der Waals surface area (Å²) in [5, 5.41) is 0. The van der Waals surface area contributed by atoms with E-state index >= 15 is 0 Å². The molecule has 0 radical (unpaired) electrons. The van der Waals surface area contributed by atoms with Gasteiger partial charge in [0.2, 0.25) is 5.91 Å². The molecule has 0 saturated carbocycles. The lowest BCUT2D eigenvalue weighted by atomic mass is 10.2. The quantitative estimate of drug-likeness (QED) is 0.381. The van der Waals surface area contributed by atoms with Crippen LogP contribution in [0.4, 0.5) is 0 Å². The number of hydrazine groups is 1. The van der Waals surface area contributed by atoms with E-state index in [1.807, 2.05) is 42.5 Å². The Kier molecular flexibility index (Phi) is 8.14. The molecule has 0 aliphatic carbocycles. The van der Waals surface area contributed by atoms with Crippen molar-refractivity contribution in [1.29, 1.82) is 0 Å². The number of amides is 3. The van der Waals surface area contributed by atoms with Crippen LogP contribution in [0, 0.1) is 0 Å². The molecule has 0 bridgehead atoms. The smallest absolute Gasteiger partial charge is 0.269 e. The first-order valence-electron chi connectivity index (χ1n) is 9.66. The maximum atomic E-state index is 12.6. The van der Waals surface area contributed by atoms with Gasteiger partial charge >= 0.3 is 0 Å². The predicted molar refractivity (Wildman–Crippen MR) is 127 cm³/mol. The van der Waals surface area contributed by atoms with E-state index in [2.05, 4.69) is 10.9 Å². The molecule has 2 aromatic rings. The highest BCUT2D eigenvalue weighted by atomic mass is 32.2. The molecular formula is C23H21N3O3S2. The number of carbonyl (C=O) groups is 3. The lowest BCUT2D eigenvalue weighted by molar-refractivity contribution is -0.124. The third kappa shape index (κ3) is 6.63. The van der Waals surface area contributed by atoms with Gasteiger partial charge in [0.05, 0.1) is 4.91 Å². The minimum absolute atomic E-state index is 0.152. The molecule has 6 nitrogen and oxygen atoms in total. The number of nitrogens with zero attached hydrogens (tertiary/aromatic N) is 1. The third-order valence-electron chi connectivity index (χ3n) is 4.35. The maximum Gasteiger partial charge on any atom is 0.269 e. The van der Waals surface area contributed by atoms with Gasteiger partial charge in [-0.3, -0.25) is 30.1 Å². The van der Waals surface area contributed by atoms with E-state index in [-0.39, 0.29) is 24.1 Å². The Hall–Kier alpha value is -3.23. The summed E-state index contributed by atoms with van der Waals surface area (Å²) < 4.78 is 0.474. The molecule has 1 fully saturated rings. The first kappa shape index (κ1) is 22.5. The molecule has 3 amide bonds. The molecule has 2 aromatic carbocycles. The van der Waals surface area contributed by atoms with Crippen LogP contribution in [0.5, 0.6) is 0 Å². The van der Waals surface area contributed by atoms with Gasteiger partial charge in [0, 0.05) is 18.5 Å². The third-order valence-corrected chi connectivity index (χ3v) is 5.74. The number of hydrogen-bond acceptors (Lipinski definition) is 5. The molecule has 31 heavy (non-hydrogen) atoms. The van der Waals surface area contributed by atoms with E-state index in [0.29, 0.717) is 27.8 Å². The molecule has 0 atom stereocenters. The number of carbonyl (C=O) groups excluding carboxylic acids is 3. The zero-order valence-corrected chi connectivity index (χ0v) is 18.2. The van der Waals surface area contributed by atoms with Crippen LogP contribution < -0.4 is 10.9 Å². The van der Waals surface area contributed by atoms with Crippen molar-refractivity contribution < 1.29 is 14.4 Å². The fraction of sp³-hybridized carbons (Fsp3) is 0.130. The minimum atomic E-state index is -0.389. The Morgan fingerprint density at radius 2 is 1.68 bits per heavy atom. The maximum absolute atomic E-state index is 12.6. The average Bonchev–Trinajstić information content (AvgIpc) is 3.06. The molecule has 1 aliphatic rings. The SMILES string of the molecule is O=C(CCCN1C(=O)C(=CC=Cc2ccccc2)SC1=S)NNC(=O)c1ccccc1. The van der Waals surface area contributed by atoms with Crippen molar-refractivity contribution in [2.24, 2.45) is 0 Å². The Morgan fingerprint density at radius 3 is 2.39 bits per heavy atom. The second-order valence-corrected chi connectivity index (χ2v) is 8.27. The van der Waals surface area contributed by atoms with Gasteiger partial charge in [-0.1, -0.05) is 84.7 Å². The van der Waals surface area contributed by atoms with Crippen molar-refractivity contribution in [2.45, 2.75) is 12.8 Å². The monoisotopic (exact) mass is 451 g/mol. The van der Waals surface area contributed by atoms with Gasteiger partial charge in [-0.25, -0.2) is 0 Å². The van der Waals surface area contributed by atoms with Crippen LogP contribution in [0.2, 0.25) is 0 Å². The van der Waals surface area contributed by atoms with Crippen molar-refractivity contribution >= 4 is 52.1 Å². The summed E-state index contributed by atoms with van der Waals surface area (Å²) in [6.07, 6.45) is 6.06. The summed E-state index contributed by atoms with van der Waals surface area (Å²) in [6.45, 7) is 0.338. The summed E-state index contributed by atoms with van der Waals surface area (Å²) in [5.74, 6) is -0.888. The normalized spacial score (nSPS) is 15.0. The Labute approximate surface area is 190 Å². The van der Waals surface area contributed by atoms with Crippen molar-refractivity contribution in [3.05, 3.63) is 88.8 Å². The molecule has 0 unspecified atom stereocenters. The summed E-state index contributed by atoms with van der Waals surface area (Å²) in [6, 6.07) is 18.4. The number of rotatable bonds is 7. The van der Waals surface area contributed by atoms with E-state index < -0.39 is 0 Å². The molecule has 3 rings (SSSR count). The molecule has 0 aromatic heterocycles. The van der Waals surface area contributed by atoms with E-state index in [1.165, 1.54) is 16.7 Å². The minimum Gasteiger partial charge on any atom is -0.293 e. The highest BCUT2D eigenvalue weighted by Crippen LogP contribution is 2.31. The highest BCUT2D eigenvalue weighted by Gasteiger charge is 2.31. The van der Waals surface area contributed by atoms with Gasteiger partial charge in [-0.2, -0.15) is 0 Å². The average molecular weight is 452 g/mol. The first-order chi connectivity index (χ1) is 15.0. The fourth-order valence-electron chi connectivity index (χ4n) is 2.77. The van der Waals surface area contributed by atoms with Gasteiger partial charge in [-0.15, -0.1) is 0 Å². The zero-order chi connectivity index (χ0) is 22.1. The van der Waals surface area contributed by atoms with E-state index in [1.54, 1.807) is 36.4 Å². The zero-order valence-electron chi connectivity index (χ0n) is 16.6. The lowest BCUT2D eigenvalue weighted by Crippen LogP contribution is -2.41. The van der Waals surface area contributed by atoms with Crippen LogP contribution in [0.3, 0.4) is 0 Å². The standard InChI is InChI=1S/C23H21N3O3S2/c27-20(24-25-21(28)18-12-5-2-6-13-18)15-8-16-26-22(29)19(31-23(26)30)14-7-11-17-9-3-1-4-10-17/h1-7,9-14H,8,15-16H2,(H,24,27)(H,25,28). The second kappa shape index (κ2) is 11.2. The predicted octanol–water partition coefficient (Wildman–Crippen LogP) is 3.69. The largest absolute Gasteiger partial charge is 0.293 e. The van der Waals surface area contributed by atoms with Gasteiger partial charge in [0.25, 0.3) is 11.8 Å².